The predicted octanol–water partition coefficient (Wildman–Crippen LogP) is 1.99. The van der Waals surface area contributed by atoms with Crippen molar-refractivity contribution in [3.05, 3.63) is 30.6 Å². The van der Waals surface area contributed by atoms with Gasteiger partial charge in [0.25, 0.3) is 0 Å². The Morgan fingerprint density at radius 2 is 1.85 bits per heavy atom. The van der Waals surface area contributed by atoms with Gasteiger partial charge in [0.05, 0.1) is 11.0 Å². The highest BCUT2D eigenvalue weighted by molar-refractivity contribution is 5.94. The molecule has 6 heteroatoms. The van der Waals surface area contributed by atoms with E-state index in [9.17, 15) is 4.79 Å². The van der Waals surface area contributed by atoms with Crippen molar-refractivity contribution >= 4 is 35.0 Å². The summed E-state index contributed by atoms with van der Waals surface area (Å²) >= 11 is 0. The number of carbonyl (C=O) groups excluding carboxylic acids is 1. The van der Waals surface area contributed by atoms with Crippen LogP contribution < -0.4 is 10.6 Å². The summed E-state index contributed by atoms with van der Waals surface area (Å²) in [5, 5.41) is 6.23. The second kappa shape index (κ2) is 6.63. The Bertz CT molecular complexity index is 598. The molecule has 1 aromatic carbocycles. The van der Waals surface area contributed by atoms with E-state index in [1.165, 1.54) is 0 Å². The van der Waals surface area contributed by atoms with Crippen LogP contribution in [-0.4, -0.2) is 29.0 Å². The van der Waals surface area contributed by atoms with Crippen molar-refractivity contribution in [2.75, 3.05) is 18.4 Å². The molecule has 1 aromatic heterocycles. The number of carbonyl (C=O) groups is 1. The zero-order valence-corrected chi connectivity index (χ0v) is 11.8. The molecule has 20 heavy (non-hydrogen) atoms. The fourth-order valence-corrected chi connectivity index (χ4v) is 2.37. The summed E-state index contributed by atoms with van der Waals surface area (Å²) in [5.41, 5.74) is 2.42. The normalized spacial score (nSPS) is 15.6. The van der Waals surface area contributed by atoms with Gasteiger partial charge in [0.1, 0.15) is 0 Å². The summed E-state index contributed by atoms with van der Waals surface area (Å²) in [7, 11) is 0. The van der Waals surface area contributed by atoms with Crippen molar-refractivity contribution in [3.63, 3.8) is 0 Å². The van der Waals surface area contributed by atoms with E-state index in [0.717, 1.165) is 42.7 Å². The molecule has 1 aliphatic heterocycles. The Morgan fingerprint density at radius 3 is 2.60 bits per heavy atom. The number of piperidine rings is 1. The summed E-state index contributed by atoms with van der Waals surface area (Å²) in [5.74, 6) is 0.212. The Balaban J connectivity index is 0.00000147. The Labute approximate surface area is 123 Å². The third-order valence-electron chi connectivity index (χ3n) is 3.45. The van der Waals surface area contributed by atoms with Crippen LogP contribution in [0.4, 0.5) is 5.69 Å². The summed E-state index contributed by atoms with van der Waals surface area (Å²) in [6.45, 7) is 1.84. The molecule has 0 atom stereocenters. The molecular formula is C14H17ClN4O. The van der Waals surface area contributed by atoms with E-state index in [1.54, 1.807) is 12.4 Å². The predicted molar refractivity (Wildman–Crippen MR) is 81.0 cm³/mol. The molecule has 0 unspecified atom stereocenters. The molecule has 2 heterocycles. The fraction of sp³-hybridized carbons (Fsp3) is 0.357. The van der Waals surface area contributed by atoms with E-state index in [0.29, 0.717) is 0 Å². The van der Waals surface area contributed by atoms with Crippen LogP contribution in [0.5, 0.6) is 0 Å². The third kappa shape index (κ3) is 3.23. The lowest BCUT2D eigenvalue weighted by atomic mass is 9.97. The number of hydrogen-bond acceptors (Lipinski definition) is 4. The standard InChI is InChI=1S/C14H16N4O.ClH/c19-14(10-3-5-15-6-4-10)18-11-1-2-12-13(9-11)17-8-7-16-12;/h1-2,7-10,15H,3-6H2,(H,18,19);1H. The number of amides is 1. The lowest BCUT2D eigenvalue weighted by molar-refractivity contribution is -0.120. The van der Waals surface area contributed by atoms with E-state index in [-0.39, 0.29) is 24.2 Å². The molecule has 0 bridgehead atoms. The molecule has 1 saturated heterocycles. The van der Waals surface area contributed by atoms with E-state index >= 15 is 0 Å². The van der Waals surface area contributed by atoms with Crippen LogP contribution in [0.25, 0.3) is 11.0 Å². The van der Waals surface area contributed by atoms with Crippen molar-refractivity contribution in [1.29, 1.82) is 0 Å². The highest BCUT2D eigenvalue weighted by Crippen LogP contribution is 2.18. The molecule has 106 valence electrons. The van der Waals surface area contributed by atoms with Crippen LogP contribution in [0.3, 0.4) is 0 Å². The number of anilines is 1. The van der Waals surface area contributed by atoms with Gasteiger partial charge >= 0.3 is 0 Å². The van der Waals surface area contributed by atoms with Gasteiger partial charge in [-0.05, 0) is 44.1 Å². The number of nitrogens with zero attached hydrogens (tertiary/aromatic N) is 2. The monoisotopic (exact) mass is 292 g/mol. The summed E-state index contributed by atoms with van der Waals surface area (Å²) in [6.07, 6.45) is 5.12. The molecule has 1 aliphatic rings. The minimum absolute atomic E-state index is 0. The SMILES string of the molecule is Cl.O=C(Nc1ccc2nccnc2c1)C1CCNCC1. The first-order chi connectivity index (χ1) is 9.33. The maximum Gasteiger partial charge on any atom is 0.227 e. The van der Waals surface area contributed by atoms with Gasteiger partial charge in [0.15, 0.2) is 0 Å². The average Bonchev–Trinajstić information content (AvgIpc) is 2.48. The van der Waals surface area contributed by atoms with Gasteiger partial charge in [-0.15, -0.1) is 12.4 Å². The minimum atomic E-state index is 0. The van der Waals surface area contributed by atoms with Crippen LogP contribution in [0.2, 0.25) is 0 Å². The van der Waals surface area contributed by atoms with Crippen molar-refractivity contribution in [3.8, 4) is 0 Å². The zero-order chi connectivity index (χ0) is 13.1. The van der Waals surface area contributed by atoms with Crippen LogP contribution in [0.1, 0.15) is 12.8 Å². The van der Waals surface area contributed by atoms with Crippen LogP contribution in [-0.2, 0) is 4.79 Å². The zero-order valence-electron chi connectivity index (χ0n) is 11.0. The first-order valence-electron chi connectivity index (χ1n) is 6.55. The number of aromatic nitrogens is 2. The van der Waals surface area contributed by atoms with Crippen LogP contribution >= 0.6 is 12.4 Å². The maximum atomic E-state index is 12.1. The van der Waals surface area contributed by atoms with Gasteiger partial charge in [0.2, 0.25) is 5.91 Å². The lowest BCUT2D eigenvalue weighted by Crippen LogP contribution is -2.34. The molecule has 0 radical (unpaired) electrons. The topological polar surface area (TPSA) is 66.9 Å². The largest absolute Gasteiger partial charge is 0.326 e. The minimum Gasteiger partial charge on any atom is -0.326 e. The number of benzene rings is 1. The number of fused-ring (bicyclic) bond motifs is 1. The molecule has 0 saturated carbocycles. The highest BCUT2D eigenvalue weighted by Gasteiger charge is 2.20. The highest BCUT2D eigenvalue weighted by atomic mass is 35.5. The van der Waals surface area contributed by atoms with Crippen molar-refractivity contribution < 1.29 is 4.79 Å². The lowest BCUT2D eigenvalue weighted by Gasteiger charge is -2.21. The number of halogens is 1. The molecule has 3 rings (SSSR count). The Hall–Kier alpha value is -1.72. The van der Waals surface area contributed by atoms with Gasteiger partial charge in [-0.2, -0.15) is 0 Å². The van der Waals surface area contributed by atoms with Gasteiger partial charge in [-0.3, -0.25) is 14.8 Å². The van der Waals surface area contributed by atoms with Gasteiger partial charge < -0.3 is 10.6 Å². The fourth-order valence-electron chi connectivity index (χ4n) is 2.37. The van der Waals surface area contributed by atoms with Crippen LogP contribution in [0, 0.1) is 5.92 Å². The summed E-state index contributed by atoms with van der Waals surface area (Å²) < 4.78 is 0. The van der Waals surface area contributed by atoms with Crippen molar-refractivity contribution in [1.82, 2.24) is 15.3 Å². The second-order valence-corrected chi connectivity index (χ2v) is 4.77. The number of nitrogens with one attached hydrogen (secondary N) is 2. The molecule has 2 N–H and O–H groups in total. The van der Waals surface area contributed by atoms with E-state index in [2.05, 4.69) is 20.6 Å². The Morgan fingerprint density at radius 1 is 1.15 bits per heavy atom. The molecule has 0 aliphatic carbocycles. The first kappa shape index (κ1) is 14.7. The quantitative estimate of drug-likeness (QED) is 0.888. The second-order valence-electron chi connectivity index (χ2n) is 4.77. The summed E-state index contributed by atoms with van der Waals surface area (Å²) in [4.78, 5) is 20.6. The van der Waals surface area contributed by atoms with E-state index in [4.69, 9.17) is 0 Å². The number of rotatable bonds is 2. The van der Waals surface area contributed by atoms with Gasteiger partial charge in [0, 0.05) is 24.0 Å². The first-order valence-corrected chi connectivity index (χ1v) is 6.55. The number of hydrogen-bond donors (Lipinski definition) is 2. The van der Waals surface area contributed by atoms with E-state index < -0.39 is 0 Å². The average molecular weight is 293 g/mol. The molecule has 5 nitrogen and oxygen atoms in total. The molecule has 2 aromatic rings. The van der Waals surface area contributed by atoms with Gasteiger partial charge in [-0.25, -0.2) is 0 Å². The van der Waals surface area contributed by atoms with E-state index in [1.807, 2.05) is 18.2 Å². The maximum absolute atomic E-state index is 12.1. The molecule has 1 amide bonds. The van der Waals surface area contributed by atoms with Crippen molar-refractivity contribution in [2.45, 2.75) is 12.8 Å². The smallest absolute Gasteiger partial charge is 0.227 e. The Kier molecular flexibility index (Phi) is 4.87. The summed E-state index contributed by atoms with van der Waals surface area (Å²) in [6, 6.07) is 5.61. The van der Waals surface area contributed by atoms with Crippen LogP contribution in [0.15, 0.2) is 30.6 Å². The molecular weight excluding hydrogens is 276 g/mol. The molecule has 1 fully saturated rings. The van der Waals surface area contributed by atoms with Gasteiger partial charge in [-0.1, -0.05) is 0 Å². The van der Waals surface area contributed by atoms with Crippen molar-refractivity contribution in [2.24, 2.45) is 5.92 Å². The molecule has 0 spiro atoms. The third-order valence-corrected chi connectivity index (χ3v) is 3.45.